The second-order valence-corrected chi connectivity index (χ2v) is 8.25. The van der Waals surface area contributed by atoms with Gasteiger partial charge >= 0.3 is 0 Å². The second kappa shape index (κ2) is 8.66. The molecule has 0 unspecified atom stereocenters. The minimum absolute atomic E-state index is 0.748. The molecule has 0 nitrogen and oxygen atoms in total. The van der Waals surface area contributed by atoms with Crippen LogP contribution in [0.3, 0.4) is 0 Å². The van der Waals surface area contributed by atoms with Gasteiger partial charge in [0.2, 0.25) is 0 Å². The summed E-state index contributed by atoms with van der Waals surface area (Å²) in [5.74, 6) is 8.39. The van der Waals surface area contributed by atoms with Crippen LogP contribution in [0.15, 0.2) is 60.7 Å². The summed E-state index contributed by atoms with van der Waals surface area (Å²) in [6.07, 6.45) is 7.90. The molecule has 0 saturated heterocycles. The largest absolute Gasteiger partial charge is 0.0651 e. The minimum atomic E-state index is 0.748. The molecule has 142 valence electrons. The SMILES string of the molecule is CCc1ccc2cc(C#Cc3ccc([C@H]4CC[C@H](CC)CC4)cc3)ccc2c1. The number of aryl methyl sites for hydroxylation is 1. The molecule has 0 amide bonds. The van der Waals surface area contributed by atoms with Gasteiger partial charge in [0, 0.05) is 11.1 Å². The standard InChI is InChI=1S/C28H30/c1-3-21-7-13-25(14-8-21)26-15-10-23(11-16-26)5-6-24-12-18-27-19-22(4-2)9-17-28(27)20-24/h9-12,15-21,25H,3-4,7-8,13-14H2,1-2H3/t21-,25-. The third-order valence-corrected chi connectivity index (χ3v) is 6.47. The summed E-state index contributed by atoms with van der Waals surface area (Å²) < 4.78 is 0. The molecule has 0 aromatic heterocycles. The quantitative estimate of drug-likeness (QED) is 0.421. The maximum atomic E-state index is 3.34. The number of fused-ring (bicyclic) bond motifs is 1. The summed E-state index contributed by atoms with van der Waals surface area (Å²) in [5.41, 5.74) is 5.07. The lowest BCUT2D eigenvalue weighted by Crippen LogP contribution is -2.12. The Balaban J connectivity index is 1.46. The van der Waals surface area contributed by atoms with Gasteiger partial charge < -0.3 is 0 Å². The lowest BCUT2D eigenvalue weighted by Gasteiger charge is -2.28. The fourth-order valence-electron chi connectivity index (χ4n) is 4.48. The van der Waals surface area contributed by atoms with Crippen molar-refractivity contribution in [1.29, 1.82) is 0 Å². The molecule has 3 aromatic rings. The van der Waals surface area contributed by atoms with E-state index in [2.05, 4.69) is 86.4 Å². The number of rotatable bonds is 3. The molecule has 0 atom stereocenters. The Morgan fingerprint density at radius 3 is 2.07 bits per heavy atom. The molecule has 4 rings (SSSR count). The highest BCUT2D eigenvalue weighted by Crippen LogP contribution is 2.36. The lowest BCUT2D eigenvalue weighted by molar-refractivity contribution is 0.319. The van der Waals surface area contributed by atoms with Gasteiger partial charge in [0.1, 0.15) is 0 Å². The van der Waals surface area contributed by atoms with E-state index in [1.807, 2.05) is 0 Å². The van der Waals surface area contributed by atoms with E-state index < -0.39 is 0 Å². The molecule has 0 N–H and O–H groups in total. The summed E-state index contributed by atoms with van der Waals surface area (Å²) >= 11 is 0. The number of hydrogen-bond donors (Lipinski definition) is 0. The summed E-state index contributed by atoms with van der Waals surface area (Å²) in [7, 11) is 0. The zero-order valence-electron chi connectivity index (χ0n) is 17.2. The van der Waals surface area contributed by atoms with E-state index >= 15 is 0 Å². The lowest BCUT2D eigenvalue weighted by atomic mass is 9.78. The van der Waals surface area contributed by atoms with Crippen LogP contribution in [-0.2, 0) is 6.42 Å². The summed E-state index contributed by atoms with van der Waals surface area (Å²) in [6.45, 7) is 4.53. The van der Waals surface area contributed by atoms with Gasteiger partial charge in [0.05, 0.1) is 0 Å². The van der Waals surface area contributed by atoms with Gasteiger partial charge in [0.15, 0.2) is 0 Å². The van der Waals surface area contributed by atoms with E-state index in [0.717, 1.165) is 29.4 Å². The fraction of sp³-hybridized carbons (Fsp3) is 0.357. The Morgan fingerprint density at radius 2 is 1.36 bits per heavy atom. The fourth-order valence-corrected chi connectivity index (χ4v) is 4.48. The van der Waals surface area contributed by atoms with Gasteiger partial charge in [0.25, 0.3) is 0 Å². The highest BCUT2D eigenvalue weighted by molar-refractivity contribution is 5.84. The molecule has 0 radical (unpaired) electrons. The summed E-state index contributed by atoms with van der Waals surface area (Å²) in [4.78, 5) is 0. The Morgan fingerprint density at radius 1 is 0.714 bits per heavy atom. The third-order valence-electron chi connectivity index (χ3n) is 6.47. The van der Waals surface area contributed by atoms with Crippen molar-refractivity contribution < 1.29 is 0 Å². The molecule has 0 spiro atoms. The van der Waals surface area contributed by atoms with Crippen LogP contribution in [0.4, 0.5) is 0 Å². The predicted octanol–water partition coefficient (Wildman–Crippen LogP) is 7.49. The number of benzene rings is 3. The van der Waals surface area contributed by atoms with Crippen LogP contribution in [-0.4, -0.2) is 0 Å². The molecular weight excluding hydrogens is 336 g/mol. The monoisotopic (exact) mass is 366 g/mol. The zero-order valence-corrected chi connectivity index (χ0v) is 17.2. The van der Waals surface area contributed by atoms with Crippen molar-refractivity contribution in [2.24, 2.45) is 5.92 Å². The maximum Gasteiger partial charge on any atom is 0.0255 e. The molecule has 1 aliphatic rings. The smallest absolute Gasteiger partial charge is 0.0255 e. The summed E-state index contributed by atoms with van der Waals surface area (Å²) in [5, 5.41) is 2.56. The molecule has 1 fully saturated rings. The van der Waals surface area contributed by atoms with Crippen molar-refractivity contribution in [3.05, 3.63) is 82.9 Å². The van der Waals surface area contributed by atoms with Crippen molar-refractivity contribution in [1.82, 2.24) is 0 Å². The first kappa shape index (κ1) is 18.8. The van der Waals surface area contributed by atoms with Crippen molar-refractivity contribution in [3.8, 4) is 11.8 Å². The van der Waals surface area contributed by atoms with Crippen LogP contribution in [0, 0.1) is 17.8 Å². The van der Waals surface area contributed by atoms with E-state index in [4.69, 9.17) is 0 Å². The molecule has 0 aliphatic heterocycles. The first-order valence-electron chi connectivity index (χ1n) is 10.9. The van der Waals surface area contributed by atoms with Gasteiger partial charge in [-0.3, -0.25) is 0 Å². The third kappa shape index (κ3) is 4.31. The Hall–Kier alpha value is -2.52. The molecule has 3 aromatic carbocycles. The molecule has 28 heavy (non-hydrogen) atoms. The van der Waals surface area contributed by atoms with Crippen LogP contribution >= 0.6 is 0 Å². The highest BCUT2D eigenvalue weighted by Gasteiger charge is 2.20. The van der Waals surface area contributed by atoms with Crippen LogP contribution in [0.25, 0.3) is 10.8 Å². The van der Waals surface area contributed by atoms with Crippen LogP contribution < -0.4 is 0 Å². The van der Waals surface area contributed by atoms with Crippen molar-refractivity contribution >= 4 is 10.8 Å². The van der Waals surface area contributed by atoms with E-state index in [1.54, 1.807) is 0 Å². The van der Waals surface area contributed by atoms with Gasteiger partial charge in [-0.1, -0.05) is 68.5 Å². The van der Waals surface area contributed by atoms with Crippen molar-refractivity contribution in [3.63, 3.8) is 0 Å². The van der Waals surface area contributed by atoms with Crippen LogP contribution in [0.1, 0.15) is 74.1 Å². The topological polar surface area (TPSA) is 0 Å². The van der Waals surface area contributed by atoms with Crippen molar-refractivity contribution in [2.45, 2.75) is 58.3 Å². The Kier molecular flexibility index (Phi) is 5.82. The maximum absolute atomic E-state index is 3.34. The van der Waals surface area contributed by atoms with Gasteiger partial charge in [-0.2, -0.15) is 0 Å². The van der Waals surface area contributed by atoms with E-state index in [-0.39, 0.29) is 0 Å². The first-order valence-corrected chi connectivity index (χ1v) is 10.9. The number of hydrogen-bond acceptors (Lipinski definition) is 0. The van der Waals surface area contributed by atoms with Gasteiger partial charge in [-0.05, 0) is 90.1 Å². The van der Waals surface area contributed by atoms with Crippen molar-refractivity contribution in [2.75, 3.05) is 0 Å². The molecular formula is C28H30. The Labute approximate surface area is 170 Å². The second-order valence-electron chi connectivity index (χ2n) is 8.25. The van der Waals surface area contributed by atoms with Gasteiger partial charge in [-0.25, -0.2) is 0 Å². The molecule has 1 aliphatic carbocycles. The van der Waals surface area contributed by atoms with E-state index in [9.17, 15) is 0 Å². The highest BCUT2D eigenvalue weighted by atomic mass is 14.3. The minimum Gasteiger partial charge on any atom is -0.0651 e. The van der Waals surface area contributed by atoms with Crippen LogP contribution in [0.2, 0.25) is 0 Å². The summed E-state index contributed by atoms with van der Waals surface area (Å²) in [6, 6.07) is 22.2. The normalized spacial score (nSPS) is 19.2. The molecule has 0 heterocycles. The Bertz CT molecular complexity index is 990. The van der Waals surface area contributed by atoms with Crippen LogP contribution in [0.5, 0.6) is 0 Å². The average Bonchev–Trinajstić information content (AvgIpc) is 2.77. The molecule has 0 heteroatoms. The first-order chi connectivity index (χ1) is 13.7. The van der Waals surface area contributed by atoms with E-state index in [1.165, 1.54) is 54.0 Å². The molecule has 1 saturated carbocycles. The average molecular weight is 367 g/mol. The predicted molar refractivity (Wildman–Crippen MR) is 121 cm³/mol. The van der Waals surface area contributed by atoms with E-state index in [0.29, 0.717) is 0 Å². The molecule has 0 bridgehead atoms. The zero-order chi connectivity index (χ0) is 19.3. The van der Waals surface area contributed by atoms with Gasteiger partial charge in [-0.15, -0.1) is 0 Å².